The van der Waals surface area contributed by atoms with Gasteiger partial charge in [0.15, 0.2) is 17.3 Å². The molecule has 0 saturated carbocycles. The maximum absolute atomic E-state index is 12.4. The van der Waals surface area contributed by atoms with E-state index in [9.17, 15) is 4.79 Å². The molecule has 0 atom stereocenters. The van der Waals surface area contributed by atoms with Gasteiger partial charge >= 0.3 is 6.03 Å². The third-order valence-electron chi connectivity index (χ3n) is 5.25. The van der Waals surface area contributed by atoms with Gasteiger partial charge in [0.25, 0.3) is 0 Å². The minimum Gasteiger partial charge on any atom is -0.493 e. The number of benzene rings is 1. The van der Waals surface area contributed by atoms with Gasteiger partial charge in [0.2, 0.25) is 5.75 Å². The number of nitrogens with one attached hydrogen (secondary N) is 1. The highest BCUT2D eigenvalue weighted by Crippen LogP contribution is 2.40. The number of hydrogen-bond donors (Lipinski definition) is 1. The van der Waals surface area contributed by atoms with Gasteiger partial charge in [-0.25, -0.2) is 4.79 Å². The number of carbonyl (C=O) groups excluding carboxylic acids is 1. The molecular weight excluding hydrogens is 430 g/mol. The Balaban J connectivity index is 1.42. The largest absolute Gasteiger partial charge is 0.493 e. The molecule has 0 spiro atoms. The summed E-state index contributed by atoms with van der Waals surface area (Å²) in [6.07, 6.45) is 0. The van der Waals surface area contributed by atoms with Crippen LogP contribution in [0.4, 0.5) is 15.6 Å². The molecule has 9 nitrogen and oxygen atoms in total. The summed E-state index contributed by atoms with van der Waals surface area (Å²) in [4.78, 5) is 16.3. The molecule has 32 heavy (non-hydrogen) atoms. The summed E-state index contributed by atoms with van der Waals surface area (Å²) in [6, 6.07) is 11.3. The Bertz CT molecular complexity index is 1030. The highest BCUT2D eigenvalue weighted by molar-refractivity contribution is 7.14. The van der Waals surface area contributed by atoms with Crippen LogP contribution in [-0.4, -0.2) is 68.6 Å². The first-order valence-corrected chi connectivity index (χ1v) is 11.0. The van der Waals surface area contributed by atoms with Crippen molar-refractivity contribution >= 4 is 28.2 Å². The van der Waals surface area contributed by atoms with E-state index in [1.54, 1.807) is 21.3 Å². The van der Waals surface area contributed by atoms with Crippen molar-refractivity contribution in [2.24, 2.45) is 0 Å². The number of anilines is 2. The van der Waals surface area contributed by atoms with Gasteiger partial charge in [-0.3, -0.25) is 5.32 Å². The van der Waals surface area contributed by atoms with Crippen LogP contribution in [0.3, 0.4) is 0 Å². The fourth-order valence-corrected chi connectivity index (χ4v) is 4.16. The van der Waals surface area contributed by atoms with E-state index in [4.69, 9.17) is 14.2 Å². The maximum Gasteiger partial charge on any atom is 0.322 e. The first-order valence-electron chi connectivity index (χ1n) is 10.1. The van der Waals surface area contributed by atoms with E-state index in [1.165, 1.54) is 11.3 Å². The van der Waals surface area contributed by atoms with E-state index in [0.717, 1.165) is 16.4 Å². The average molecular weight is 456 g/mol. The third kappa shape index (κ3) is 4.54. The van der Waals surface area contributed by atoms with Crippen molar-refractivity contribution in [3.05, 3.63) is 41.8 Å². The van der Waals surface area contributed by atoms with Gasteiger partial charge in [-0.1, -0.05) is 0 Å². The SMILES string of the molecule is COc1cc(-c2ccc(N3CCN(C(=O)Nc4cccs4)CC3)nn2)cc(OC)c1OC. The lowest BCUT2D eigenvalue weighted by Gasteiger charge is -2.35. The highest BCUT2D eigenvalue weighted by atomic mass is 32.1. The van der Waals surface area contributed by atoms with Crippen LogP contribution >= 0.6 is 11.3 Å². The molecule has 2 amide bonds. The van der Waals surface area contributed by atoms with Crippen molar-refractivity contribution in [3.63, 3.8) is 0 Å². The van der Waals surface area contributed by atoms with Crippen LogP contribution < -0.4 is 24.4 Å². The number of ether oxygens (including phenoxy) is 3. The Hall–Kier alpha value is -3.53. The lowest BCUT2D eigenvalue weighted by atomic mass is 10.1. The number of amides is 2. The van der Waals surface area contributed by atoms with Crippen molar-refractivity contribution in [1.29, 1.82) is 0 Å². The van der Waals surface area contributed by atoms with E-state index in [0.29, 0.717) is 49.1 Å². The van der Waals surface area contributed by atoms with Crippen LogP contribution in [0.1, 0.15) is 0 Å². The summed E-state index contributed by atoms with van der Waals surface area (Å²) in [7, 11) is 4.73. The predicted molar refractivity (Wildman–Crippen MR) is 124 cm³/mol. The Morgan fingerprint density at radius 3 is 2.22 bits per heavy atom. The summed E-state index contributed by atoms with van der Waals surface area (Å²) in [5.41, 5.74) is 1.51. The summed E-state index contributed by atoms with van der Waals surface area (Å²) in [6.45, 7) is 2.62. The average Bonchev–Trinajstić information content (AvgIpc) is 3.36. The predicted octanol–water partition coefficient (Wildman–Crippen LogP) is 3.59. The molecule has 3 heterocycles. The quantitative estimate of drug-likeness (QED) is 0.608. The van der Waals surface area contributed by atoms with Gasteiger partial charge in [-0.15, -0.1) is 21.5 Å². The van der Waals surface area contributed by atoms with Gasteiger partial charge in [0.05, 0.1) is 32.0 Å². The second-order valence-corrected chi connectivity index (χ2v) is 8.02. The van der Waals surface area contributed by atoms with Gasteiger partial charge in [0, 0.05) is 31.7 Å². The van der Waals surface area contributed by atoms with E-state index in [2.05, 4.69) is 20.4 Å². The highest BCUT2D eigenvalue weighted by Gasteiger charge is 2.23. The second-order valence-electron chi connectivity index (χ2n) is 7.07. The minimum atomic E-state index is -0.0732. The Morgan fingerprint density at radius 2 is 1.69 bits per heavy atom. The van der Waals surface area contributed by atoms with Crippen molar-refractivity contribution < 1.29 is 19.0 Å². The number of aromatic nitrogens is 2. The fourth-order valence-electron chi connectivity index (χ4n) is 3.55. The molecule has 1 aliphatic heterocycles. The van der Waals surface area contributed by atoms with Crippen molar-refractivity contribution in [2.45, 2.75) is 0 Å². The number of rotatable bonds is 6. The first kappa shape index (κ1) is 21.7. The zero-order chi connectivity index (χ0) is 22.5. The topological polar surface area (TPSA) is 89.1 Å². The maximum atomic E-state index is 12.4. The molecular formula is C22H25N5O4S. The van der Waals surface area contributed by atoms with Crippen LogP contribution in [0.5, 0.6) is 17.2 Å². The van der Waals surface area contributed by atoms with E-state index < -0.39 is 0 Å². The number of methoxy groups -OCH3 is 3. The molecule has 2 aromatic heterocycles. The van der Waals surface area contributed by atoms with Crippen LogP contribution in [0, 0.1) is 0 Å². The number of piperazine rings is 1. The zero-order valence-corrected chi connectivity index (χ0v) is 19.0. The van der Waals surface area contributed by atoms with E-state index >= 15 is 0 Å². The summed E-state index contributed by atoms with van der Waals surface area (Å²) < 4.78 is 16.2. The van der Waals surface area contributed by atoms with Gasteiger partial charge in [-0.05, 0) is 41.8 Å². The van der Waals surface area contributed by atoms with Crippen molar-refractivity contribution in [3.8, 4) is 28.5 Å². The molecule has 1 saturated heterocycles. The van der Waals surface area contributed by atoms with Crippen LogP contribution in [0.25, 0.3) is 11.3 Å². The van der Waals surface area contributed by atoms with Crippen molar-refractivity contribution in [2.75, 3.05) is 57.7 Å². The molecule has 0 unspecified atom stereocenters. The minimum absolute atomic E-state index is 0.0732. The fraction of sp³-hybridized carbons (Fsp3) is 0.318. The second kappa shape index (κ2) is 9.73. The normalized spacial score (nSPS) is 13.6. The summed E-state index contributed by atoms with van der Waals surface area (Å²) in [5.74, 6) is 2.43. The molecule has 168 valence electrons. The van der Waals surface area contributed by atoms with Gasteiger partial charge < -0.3 is 24.0 Å². The molecule has 4 rings (SSSR count). The smallest absolute Gasteiger partial charge is 0.322 e. The number of urea groups is 1. The summed E-state index contributed by atoms with van der Waals surface area (Å²) >= 11 is 1.51. The van der Waals surface area contributed by atoms with Crippen molar-refractivity contribution in [1.82, 2.24) is 15.1 Å². The molecule has 1 aromatic carbocycles. The number of thiophene rings is 1. The van der Waals surface area contributed by atoms with Gasteiger partial charge in [0.1, 0.15) is 0 Å². The third-order valence-corrected chi connectivity index (χ3v) is 6.04. The van der Waals surface area contributed by atoms with E-state index in [1.807, 2.05) is 46.7 Å². The van der Waals surface area contributed by atoms with Gasteiger partial charge in [-0.2, -0.15) is 0 Å². The number of nitrogens with zero attached hydrogens (tertiary/aromatic N) is 4. The lowest BCUT2D eigenvalue weighted by molar-refractivity contribution is 0.208. The number of carbonyl (C=O) groups is 1. The molecule has 0 bridgehead atoms. The molecule has 1 N–H and O–H groups in total. The van der Waals surface area contributed by atoms with E-state index in [-0.39, 0.29) is 6.03 Å². The first-order chi connectivity index (χ1) is 15.6. The number of hydrogen-bond acceptors (Lipinski definition) is 8. The molecule has 0 radical (unpaired) electrons. The Morgan fingerprint density at radius 1 is 0.969 bits per heavy atom. The standard InChI is InChI=1S/C22H25N5O4S/c1-29-17-13-15(14-18(30-2)21(17)31-3)16-6-7-19(25-24-16)26-8-10-27(11-9-26)22(28)23-20-5-4-12-32-20/h4-7,12-14H,8-11H2,1-3H3,(H,23,28). The monoisotopic (exact) mass is 455 g/mol. The molecule has 3 aromatic rings. The van der Waals surface area contributed by atoms with Crippen LogP contribution in [-0.2, 0) is 0 Å². The molecule has 1 aliphatic rings. The molecule has 0 aliphatic carbocycles. The van der Waals surface area contributed by atoms with Crippen LogP contribution in [0.2, 0.25) is 0 Å². The Labute approximate surface area is 190 Å². The lowest BCUT2D eigenvalue weighted by Crippen LogP contribution is -2.50. The van der Waals surface area contributed by atoms with Crippen LogP contribution in [0.15, 0.2) is 41.8 Å². The molecule has 10 heteroatoms. The summed E-state index contributed by atoms with van der Waals surface area (Å²) in [5, 5.41) is 14.5. The Kier molecular flexibility index (Phi) is 6.60. The molecule has 1 fully saturated rings. The zero-order valence-electron chi connectivity index (χ0n) is 18.2.